The van der Waals surface area contributed by atoms with Gasteiger partial charge in [0.2, 0.25) is 5.91 Å². The van der Waals surface area contributed by atoms with E-state index in [4.69, 9.17) is 4.74 Å². The van der Waals surface area contributed by atoms with Crippen molar-refractivity contribution >= 4 is 17.4 Å². The monoisotopic (exact) mass is 289 g/mol. The largest absolute Gasteiger partial charge is 0.378 e. The van der Waals surface area contributed by atoms with Crippen LogP contribution in [0.4, 0.5) is 11.5 Å². The van der Waals surface area contributed by atoms with E-state index in [0.29, 0.717) is 6.42 Å². The van der Waals surface area contributed by atoms with Crippen LogP contribution >= 0.6 is 0 Å². The Labute approximate surface area is 125 Å². The smallest absolute Gasteiger partial charge is 0.227 e. The molecule has 1 atom stereocenters. The van der Waals surface area contributed by atoms with Crippen molar-refractivity contribution in [2.75, 3.05) is 29.9 Å². The highest BCUT2D eigenvalue weighted by Gasteiger charge is 2.19. The van der Waals surface area contributed by atoms with E-state index in [1.807, 2.05) is 12.1 Å². The molecular weight excluding hydrogens is 266 g/mol. The lowest BCUT2D eigenvalue weighted by atomic mass is 10.1. The van der Waals surface area contributed by atoms with Gasteiger partial charge < -0.3 is 15.0 Å². The number of hydrogen-bond donors (Lipinski definition) is 1. The molecule has 0 aromatic carbocycles. The Kier molecular flexibility index (Phi) is 4.70. The molecule has 5 heteroatoms. The fourth-order valence-electron chi connectivity index (χ4n) is 2.99. The van der Waals surface area contributed by atoms with Crippen LogP contribution in [0.25, 0.3) is 0 Å². The summed E-state index contributed by atoms with van der Waals surface area (Å²) in [6.07, 6.45) is 8.11. The third-order valence-corrected chi connectivity index (χ3v) is 4.15. The molecule has 0 saturated carbocycles. The molecule has 0 radical (unpaired) electrons. The molecule has 5 nitrogen and oxygen atoms in total. The molecule has 21 heavy (non-hydrogen) atoms. The van der Waals surface area contributed by atoms with Crippen LogP contribution in [0.1, 0.15) is 38.5 Å². The number of carbonyl (C=O) groups excluding carboxylic acids is 1. The van der Waals surface area contributed by atoms with E-state index < -0.39 is 0 Å². The zero-order chi connectivity index (χ0) is 14.5. The fourth-order valence-corrected chi connectivity index (χ4v) is 2.99. The second-order valence-electron chi connectivity index (χ2n) is 5.84. The standard InChI is InChI=1S/C16H23N3O2/c20-16(11-14-5-4-10-21-14)18-13-6-7-15(17-12-13)19-8-2-1-3-9-19/h6-7,12,14H,1-5,8-11H2,(H,18,20)/t14-/m1/s1. The Balaban J connectivity index is 1.52. The van der Waals surface area contributed by atoms with Gasteiger partial charge in [-0.25, -0.2) is 4.98 Å². The highest BCUT2D eigenvalue weighted by atomic mass is 16.5. The summed E-state index contributed by atoms with van der Waals surface area (Å²) in [7, 11) is 0. The molecule has 2 aliphatic rings. The highest BCUT2D eigenvalue weighted by Crippen LogP contribution is 2.20. The van der Waals surface area contributed by atoms with Crippen LogP contribution in [0, 0.1) is 0 Å². The molecular formula is C16H23N3O2. The summed E-state index contributed by atoms with van der Waals surface area (Å²) in [6, 6.07) is 3.93. The third-order valence-electron chi connectivity index (χ3n) is 4.15. The first kappa shape index (κ1) is 14.3. The number of piperidine rings is 1. The topological polar surface area (TPSA) is 54.5 Å². The van der Waals surface area contributed by atoms with Gasteiger partial charge in [0, 0.05) is 19.7 Å². The Morgan fingerprint density at radius 1 is 1.29 bits per heavy atom. The Bertz CT molecular complexity index is 463. The normalized spacial score (nSPS) is 22.3. The van der Waals surface area contributed by atoms with Gasteiger partial charge in [0.25, 0.3) is 0 Å². The number of aromatic nitrogens is 1. The molecule has 3 heterocycles. The lowest BCUT2D eigenvalue weighted by molar-refractivity contribution is -0.118. The molecule has 1 aromatic heterocycles. The minimum atomic E-state index is 0.00872. The molecule has 2 aliphatic heterocycles. The van der Waals surface area contributed by atoms with Crippen LogP contribution in [0.5, 0.6) is 0 Å². The molecule has 2 fully saturated rings. The van der Waals surface area contributed by atoms with Gasteiger partial charge in [-0.05, 0) is 44.2 Å². The van der Waals surface area contributed by atoms with E-state index in [9.17, 15) is 4.79 Å². The van der Waals surface area contributed by atoms with Crippen molar-refractivity contribution < 1.29 is 9.53 Å². The average Bonchev–Trinajstić information content (AvgIpc) is 3.02. The average molecular weight is 289 g/mol. The highest BCUT2D eigenvalue weighted by molar-refractivity contribution is 5.90. The van der Waals surface area contributed by atoms with Gasteiger partial charge in [0.15, 0.2) is 0 Å². The number of nitrogens with one attached hydrogen (secondary N) is 1. The predicted octanol–water partition coefficient (Wildman–Crippen LogP) is 2.58. The summed E-state index contributed by atoms with van der Waals surface area (Å²) < 4.78 is 5.48. The second kappa shape index (κ2) is 6.89. The summed E-state index contributed by atoms with van der Waals surface area (Å²) in [5, 5.41) is 2.90. The van der Waals surface area contributed by atoms with Gasteiger partial charge in [-0.1, -0.05) is 0 Å². The number of amides is 1. The maximum atomic E-state index is 11.9. The number of nitrogens with zero attached hydrogens (tertiary/aromatic N) is 2. The molecule has 1 aromatic rings. The molecule has 2 saturated heterocycles. The maximum absolute atomic E-state index is 11.9. The van der Waals surface area contributed by atoms with Gasteiger partial charge in [0.1, 0.15) is 5.82 Å². The molecule has 3 rings (SSSR count). The third kappa shape index (κ3) is 3.94. The van der Waals surface area contributed by atoms with E-state index in [2.05, 4.69) is 15.2 Å². The van der Waals surface area contributed by atoms with E-state index in [-0.39, 0.29) is 12.0 Å². The molecule has 0 aliphatic carbocycles. The number of carbonyl (C=O) groups is 1. The summed E-state index contributed by atoms with van der Waals surface area (Å²) in [4.78, 5) is 18.7. The number of ether oxygens (including phenoxy) is 1. The minimum Gasteiger partial charge on any atom is -0.378 e. The van der Waals surface area contributed by atoms with Crippen LogP contribution in [0.15, 0.2) is 18.3 Å². The maximum Gasteiger partial charge on any atom is 0.227 e. The SMILES string of the molecule is O=C(C[C@H]1CCCO1)Nc1ccc(N2CCCCC2)nc1. The van der Waals surface area contributed by atoms with Crippen LogP contribution in [-0.4, -0.2) is 36.7 Å². The molecule has 114 valence electrons. The summed E-state index contributed by atoms with van der Waals surface area (Å²) in [5.74, 6) is 1.02. The van der Waals surface area contributed by atoms with Crippen LogP contribution in [-0.2, 0) is 9.53 Å². The predicted molar refractivity (Wildman–Crippen MR) is 82.5 cm³/mol. The number of hydrogen-bond acceptors (Lipinski definition) is 4. The summed E-state index contributed by atoms with van der Waals surface area (Å²) in [6.45, 7) is 2.94. The first-order valence-electron chi connectivity index (χ1n) is 7.94. The zero-order valence-corrected chi connectivity index (χ0v) is 12.4. The van der Waals surface area contributed by atoms with Gasteiger partial charge in [-0.2, -0.15) is 0 Å². The number of anilines is 2. The van der Waals surface area contributed by atoms with Crippen molar-refractivity contribution in [2.24, 2.45) is 0 Å². The summed E-state index contributed by atoms with van der Waals surface area (Å²) in [5.41, 5.74) is 0.763. The van der Waals surface area contributed by atoms with Gasteiger partial charge in [0.05, 0.1) is 24.4 Å². The lowest BCUT2D eigenvalue weighted by Crippen LogP contribution is -2.30. The first-order chi connectivity index (χ1) is 10.3. The van der Waals surface area contributed by atoms with E-state index in [1.54, 1.807) is 6.20 Å². The Morgan fingerprint density at radius 2 is 2.14 bits per heavy atom. The van der Waals surface area contributed by atoms with Crippen molar-refractivity contribution in [1.82, 2.24) is 4.98 Å². The van der Waals surface area contributed by atoms with E-state index in [0.717, 1.165) is 44.0 Å². The molecule has 1 amide bonds. The quantitative estimate of drug-likeness (QED) is 0.925. The number of rotatable bonds is 4. The zero-order valence-electron chi connectivity index (χ0n) is 12.4. The van der Waals surface area contributed by atoms with Crippen molar-refractivity contribution in [3.63, 3.8) is 0 Å². The van der Waals surface area contributed by atoms with Crippen molar-refractivity contribution in [3.05, 3.63) is 18.3 Å². The Morgan fingerprint density at radius 3 is 2.81 bits per heavy atom. The minimum absolute atomic E-state index is 0.00872. The van der Waals surface area contributed by atoms with Crippen LogP contribution in [0.3, 0.4) is 0 Å². The first-order valence-corrected chi connectivity index (χ1v) is 7.94. The van der Waals surface area contributed by atoms with Crippen molar-refractivity contribution in [1.29, 1.82) is 0 Å². The molecule has 0 bridgehead atoms. The van der Waals surface area contributed by atoms with Crippen molar-refractivity contribution in [2.45, 2.75) is 44.6 Å². The van der Waals surface area contributed by atoms with E-state index in [1.165, 1.54) is 19.3 Å². The second-order valence-corrected chi connectivity index (χ2v) is 5.84. The fraction of sp³-hybridized carbons (Fsp3) is 0.625. The van der Waals surface area contributed by atoms with Crippen molar-refractivity contribution in [3.8, 4) is 0 Å². The van der Waals surface area contributed by atoms with E-state index >= 15 is 0 Å². The Hall–Kier alpha value is -1.62. The molecule has 0 spiro atoms. The number of pyridine rings is 1. The molecule has 1 N–H and O–H groups in total. The van der Waals surface area contributed by atoms with Crippen LogP contribution < -0.4 is 10.2 Å². The van der Waals surface area contributed by atoms with Gasteiger partial charge >= 0.3 is 0 Å². The molecule has 0 unspecified atom stereocenters. The van der Waals surface area contributed by atoms with Gasteiger partial charge in [-0.15, -0.1) is 0 Å². The van der Waals surface area contributed by atoms with Gasteiger partial charge in [-0.3, -0.25) is 4.79 Å². The summed E-state index contributed by atoms with van der Waals surface area (Å²) >= 11 is 0. The van der Waals surface area contributed by atoms with Crippen LogP contribution in [0.2, 0.25) is 0 Å². The lowest BCUT2D eigenvalue weighted by Gasteiger charge is -2.27.